The third-order valence-corrected chi connectivity index (χ3v) is 6.71. The fourth-order valence-electron chi connectivity index (χ4n) is 3.17. The molecule has 13 heteroatoms. The molecule has 0 saturated carbocycles. The maximum Gasteiger partial charge on any atom is 0.416 e. The lowest BCUT2D eigenvalue weighted by atomic mass is 10.2. The first-order valence-corrected chi connectivity index (χ1v) is 11.2. The minimum Gasteiger partial charge on any atom is -0.312 e. The Morgan fingerprint density at radius 2 is 1.88 bits per heavy atom. The van der Waals surface area contributed by atoms with Crippen LogP contribution in [0.3, 0.4) is 0 Å². The van der Waals surface area contributed by atoms with Gasteiger partial charge in [-0.05, 0) is 42.5 Å². The van der Waals surface area contributed by atoms with Gasteiger partial charge in [0.1, 0.15) is 16.6 Å². The molecule has 0 N–H and O–H groups in total. The average Bonchev–Trinajstić information content (AvgIpc) is 3.36. The fourth-order valence-corrected chi connectivity index (χ4v) is 4.26. The largest absolute Gasteiger partial charge is 0.416 e. The summed E-state index contributed by atoms with van der Waals surface area (Å²) in [6, 6.07) is 9.09. The van der Waals surface area contributed by atoms with E-state index in [1.807, 2.05) is 0 Å². The number of carbonyl (C=O) groups excluding carboxylic acids is 1. The Bertz CT molecular complexity index is 1470. The summed E-state index contributed by atoms with van der Waals surface area (Å²) in [7, 11) is -4.05. The van der Waals surface area contributed by atoms with E-state index in [1.54, 1.807) is 24.3 Å². The summed E-state index contributed by atoms with van der Waals surface area (Å²) in [6.45, 7) is 2.78. The molecular formula is C20H16F3N5O4S. The Morgan fingerprint density at radius 3 is 2.58 bits per heavy atom. The van der Waals surface area contributed by atoms with E-state index in [0.717, 1.165) is 27.9 Å². The zero-order valence-corrected chi connectivity index (χ0v) is 18.1. The van der Waals surface area contributed by atoms with Gasteiger partial charge in [0.2, 0.25) is 0 Å². The Labute approximate surface area is 185 Å². The highest BCUT2D eigenvalue weighted by Gasteiger charge is 2.33. The van der Waals surface area contributed by atoms with Crippen LogP contribution in [0.2, 0.25) is 0 Å². The van der Waals surface area contributed by atoms with Crippen LogP contribution in [0.1, 0.15) is 28.5 Å². The van der Waals surface area contributed by atoms with Gasteiger partial charge in [0.15, 0.2) is 9.84 Å². The van der Waals surface area contributed by atoms with Crippen LogP contribution < -0.4 is 4.84 Å². The number of alkyl halides is 3. The molecule has 0 aliphatic heterocycles. The Hall–Kier alpha value is -3.74. The number of sulfone groups is 1. The minimum absolute atomic E-state index is 0.0330. The summed E-state index contributed by atoms with van der Waals surface area (Å²) < 4.78 is 65.7. The first-order valence-electron chi connectivity index (χ1n) is 9.55. The monoisotopic (exact) mass is 479 g/mol. The van der Waals surface area contributed by atoms with E-state index >= 15 is 0 Å². The molecule has 0 unspecified atom stereocenters. The van der Waals surface area contributed by atoms with Crippen molar-refractivity contribution in [1.82, 2.24) is 24.9 Å². The number of aromatic nitrogens is 5. The van der Waals surface area contributed by atoms with Crippen molar-refractivity contribution in [2.24, 2.45) is 0 Å². The lowest BCUT2D eigenvalue weighted by Gasteiger charge is -2.14. The summed E-state index contributed by atoms with van der Waals surface area (Å²) in [5, 5.41) is 11.7. The van der Waals surface area contributed by atoms with Gasteiger partial charge in [0.05, 0.1) is 33.8 Å². The van der Waals surface area contributed by atoms with Crippen molar-refractivity contribution in [3.8, 4) is 5.69 Å². The maximum absolute atomic E-state index is 13.2. The highest BCUT2D eigenvalue weighted by Crippen LogP contribution is 2.33. The molecule has 2 heterocycles. The summed E-state index contributed by atoms with van der Waals surface area (Å²) in [4.78, 5) is 18.3. The van der Waals surface area contributed by atoms with E-state index in [0.29, 0.717) is 17.1 Å². The summed E-state index contributed by atoms with van der Waals surface area (Å²) in [5.74, 6) is -1.28. The van der Waals surface area contributed by atoms with Crippen LogP contribution in [0.15, 0.2) is 53.6 Å². The molecule has 2 aromatic heterocycles. The molecule has 0 aliphatic carbocycles. The molecule has 172 valence electrons. The quantitative estimate of drug-likeness (QED) is 0.405. The van der Waals surface area contributed by atoms with E-state index in [2.05, 4.69) is 15.4 Å². The van der Waals surface area contributed by atoms with Crippen molar-refractivity contribution < 1.29 is 31.2 Å². The van der Waals surface area contributed by atoms with Crippen molar-refractivity contribution in [1.29, 1.82) is 0 Å². The molecule has 0 atom stereocenters. The number of fused-ring (bicyclic) bond motifs is 1. The van der Waals surface area contributed by atoms with E-state index in [1.165, 1.54) is 13.8 Å². The molecule has 9 nitrogen and oxygen atoms in total. The number of benzene rings is 2. The first-order chi connectivity index (χ1) is 15.5. The molecule has 0 amide bonds. The van der Waals surface area contributed by atoms with E-state index in [9.17, 15) is 26.4 Å². The number of halogens is 3. The van der Waals surface area contributed by atoms with Crippen molar-refractivity contribution >= 4 is 26.8 Å². The molecule has 0 fully saturated rings. The van der Waals surface area contributed by atoms with Crippen molar-refractivity contribution in [3.05, 3.63) is 65.5 Å². The molecule has 0 saturated heterocycles. The Morgan fingerprint density at radius 1 is 1.15 bits per heavy atom. The predicted molar refractivity (Wildman–Crippen MR) is 109 cm³/mol. The van der Waals surface area contributed by atoms with Gasteiger partial charge in [-0.2, -0.15) is 18.3 Å². The normalized spacial score (nSPS) is 12.3. The lowest BCUT2D eigenvalue weighted by molar-refractivity contribution is -0.137. The number of hydrogen-bond donors (Lipinski definition) is 0. The van der Waals surface area contributed by atoms with E-state index < -0.39 is 38.2 Å². The lowest BCUT2D eigenvalue weighted by Crippen LogP contribution is -2.21. The summed E-state index contributed by atoms with van der Waals surface area (Å²) >= 11 is 0. The van der Waals surface area contributed by atoms with Gasteiger partial charge in [-0.15, -0.1) is 5.10 Å². The third-order valence-electron chi connectivity index (χ3n) is 4.95. The van der Waals surface area contributed by atoms with E-state index in [-0.39, 0.29) is 16.9 Å². The molecule has 33 heavy (non-hydrogen) atoms. The molecule has 4 aromatic rings. The first kappa shape index (κ1) is 22.5. The molecule has 2 aromatic carbocycles. The van der Waals surface area contributed by atoms with Crippen LogP contribution in [0, 0.1) is 6.92 Å². The highest BCUT2D eigenvalue weighted by atomic mass is 32.2. The SMILES string of the molecule is CCS(=O)(=O)c1cc(C(F)(F)F)ccc1-n1ncc(C(=O)On2nnc3ccccc32)c1C. The Balaban J connectivity index is 1.75. The zero-order chi connectivity index (χ0) is 24.0. The number of para-hydroxylation sites is 1. The second-order valence-corrected chi connectivity index (χ2v) is 9.22. The van der Waals surface area contributed by atoms with Crippen LogP contribution in [0.25, 0.3) is 16.7 Å². The average molecular weight is 479 g/mol. The van der Waals surface area contributed by atoms with Crippen molar-refractivity contribution in [2.75, 3.05) is 5.75 Å². The molecule has 0 aliphatic rings. The van der Waals surface area contributed by atoms with Gasteiger partial charge < -0.3 is 4.84 Å². The minimum atomic E-state index is -4.73. The second kappa shape index (κ2) is 7.99. The molecule has 0 spiro atoms. The third kappa shape index (κ3) is 4.06. The van der Waals surface area contributed by atoms with Crippen LogP contribution in [-0.4, -0.2) is 45.1 Å². The maximum atomic E-state index is 13.2. The summed E-state index contributed by atoms with van der Waals surface area (Å²) in [6.07, 6.45) is -3.60. The van der Waals surface area contributed by atoms with Gasteiger partial charge >= 0.3 is 12.1 Å². The van der Waals surface area contributed by atoms with Crippen LogP contribution in [0.5, 0.6) is 0 Å². The van der Waals surface area contributed by atoms with Crippen LogP contribution >= 0.6 is 0 Å². The number of carbonyl (C=O) groups is 1. The number of rotatable bonds is 5. The van der Waals surface area contributed by atoms with Crippen molar-refractivity contribution in [3.63, 3.8) is 0 Å². The van der Waals surface area contributed by atoms with Gasteiger partial charge in [0, 0.05) is 0 Å². The standard InChI is InChI=1S/C20H16F3N5O4S/c1-3-33(30,31)18-10-13(20(21,22)23)8-9-17(18)27-12(2)14(11-24-27)19(29)32-28-16-7-5-4-6-15(16)25-26-28/h4-11H,3H2,1-2H3. The second-order valence-electron chi connectivity index (χ2n) is 6.97. The topological polar surface area (TPSA) is 109 Å². The van der Waals surface area contributed by atoms with Gasteiger partial charge in [-0.25, -0.2) is 17.9 Å². The number of hydrogen-bond acceptors (Lipinski definition) is 7. The zero-order valence-electron chi connectivity index (χ0n) is 17.2. The van der Waals surface area contributed by atoms with Gasteiger partial charge in [-0.1, -0.05) is 23.9 Å². The van der Waals surface area contributed by atoms with Gasteiger partial charge in [0.25, 0.3) is 0 Å². The number of nitrogens with zero attached hydrogens (tertiary/aromatic N) is 5. The van der Waals surface area contributed by atoms with Crippen molar-refractivity contribution in [2.45, 2.75) is 24.9 Å². The van der Waals surface area contributed by atoms with Gasteiger partial charge in [-0.3, -0.25) is 0 Å². The van der Waals surface area contributed by atoms with Crippen LogP contribution in [-0.2, 0) is 16.0 Å². The summed E-state index contributed by atoms with van der Waals surface area (Å²) in [5.41, 5.74) is -0.161. The smallest absolute Gasteiger partial charge is 0.312 e. The fraction of sp³-hybridized carbons (Fsp3) is 0.200. The Kier molecular flexibility index (Phi) is 5.44. The van der Waals surface area contributed by atoms with Crippen LogP contribution in [0.4, 0.5) is 13.2 Å². The molecule has 0 bridgehead atoms. The predicted octanol–water partition coefficient (Wildman–Crippen LogP) is 3.01. The molecule has 0 radical (unpaired) electrons. The van der Waals surface area contributed by atoms with E-state index in [4.69, 9.17) is 4.84 Å². The highest BCUT2D eigenvalue weighted by molar-refractivity contribution is 7.91. The molecular weight excluding hydrogens is 463 g/mol. The molecule has 4 rings (SSSR count).